The Bertz CT molecular complexity index is 1760. The minimum atomic E-state index is -1.77. The van der Waals surface area contributed by atoms with Crippen molar-refractivity contribution in [3.63, 3.8) is 0 Å². The van der Waals surface area contributed by atoms with Crippen molar-refractivity contribution in [1.82, 2.24) is 0 Å². The van der Waals surface area contributed by atoms with E-state index in [9.17, 15) is 55.9 Å². The largest absolute Gasteiger partial charge is 0.481 e. The summed E-state index contributed by atoms with van der Waals surface area (Å²) in [5.41, 5.74) is -1.34. The summed E-state index contributed by atoms with van der Waals surface area (Å²) in [5.74, 6) is -0.785. The molecule has 7 fully saturated rings. The second-order valence-corrected chi connectivity index (χ2v) is 23.1. The van der Waals surface area contributed by atoms with Crippen LogP contribution in [0.25, 0.3) is 0 Å². The number of carboxylic acid groups (broad SMARTS) is 1. The Morgan fingerprint density at radius 1 is 0.719 bits per heavy atom. The quantitative estimate of drug-likeness (QED) is 0.122. The Labute approximate surface area is 376 Å². The highest BCUT2D eigenvalue weighted by molar-refractivity contribution is 5.77. The van der Waals surface area contributed by atoms with Crippen LogP contribution in [-0.4, -0.2) is 168 Å². The first-order valence-electron chi connectivity index (χ1n) is 23.7. The number of hydrogen-bond acceptors (Lipinski definition) is 16. The van der Waals surface area contributed by atoms with Gasteiger partial charge in [0.05, 0.1) is 31.5 Å². The van der Waals surface area contributed by atoms with Crippen LogP contribution in [0.1, 0.15) is 113 Å². The van der Waals surface area contributed by atoms with E-state index in [1.807, 2.05) is 0 Å². The highest BCUT2D eigenvalue weighted by Crippen LogP contribution is 2.76. The van der Waals surface area contributed by atoms with Crippen molar-refractivity contribution >= 4 is 5.97 Å². The Balaban J connectivity index is 1.05. The van der Waals surface area contributed by atoms with Crippen LogP contribution in [0.2, 0.25) is 0 Å². The molecule has 0 aromatic carbocycles. The SMILES string of the molecule is C[C@@H]1O[C@@H](O[C@@H]2[C@@H](O)[C@H](OC3CCC4(C)C(CCC5(C)C4CC=C4C6CC(C)(C)CCC6(C(=O)O)[C@H](O)C[C@]45C)C3(C)C)O[C@H](CO)[C@H]2O[C@@H]2OC[C@@H](O)[C@H](O)[C@H]2O)[C@H](O)[C@H](O)[C@H]1O. The Kier molecular flexibility index (Phi) is 13.0. The van der Waals surface area contributed by atoms with E-state index in [2.05, 4.69) is 54.5 Å². The van der Waals surface area contributed by atoms with Crippen molar-refractivity contribution < 1.29 is 84.3 Å². The summed E-state index contributed by atoms with van der Waals surface area (Å²) in [6.45, 7) is 16.2. The Morgan fingerprint density at radius 2 is 1.38 bits per heavy atom. The maximum atomic E-state index is 13.2. The summed E-state index contributed by atoms with van der Waals surface area (Å²) in [5, 5.41) is 109. The fourth-order valence-electron chi connectivity index (χ4n) is 14.9. The molecule has 0 bridgehead atoms. The van der Waals surface area contributed by atoms with Crippen molar-refractivity contribution in [2.75, 3.05) is 13.2 Å². The van der Waals surface area contributed by atoms with Gasteiger partial charge in [-0.15, -0.1) is 0 Å². The summed E-state index contributed by atoms with van der Waals surface area (Å²) in [6, 6.07) is 0. The molecule has 5 aliphatic carbocycles. The van der Waals surface area contributed by atoms with Gasteiger partial charge in [0.2, 0.25) is 0 Å². The van der Waals surface area contributed by atoms with Gasteiger partial charge < -0.3 is 79.5 Å². The number of fused-ring (bicyclic) bond motifs is 7. The van der Waals surface area contributed by atoms with Gasteiger partial charge in [-0.3, -0.25) is 4.79 Å². The van der Waals surface area contributed by atoms with Gasteiger partial charge >= 0.3 is 5.97 Å². The molecule has 64 heavy (non-hydrogen) atoms. The number of carbonyl (C=O) groups is 1. The number of rotatable bonds is 8. The summed E-state index contributed by atoms with van der Waals surface area (Å²) in [4.78, 5) is 13.2. The summed E-state index contributed by atoms with van der Waals surface area (Å²) < 4.78 is 36.6. The number of ether oxygens (including phenoxy) is 6. The second kappa shape index (κ2) is 16.9. The molecule has 17 heteroatoms. The van der Waals surface area contributed by atoms with Gasteiger partial charge in [-0.2, -0.15) is 0 Å². The van der Waals surface area contributed by atoms with E-state index in [1.165, 1.54) is 12.5 Å². The molecule has 7 unspecified atom stereocenters. The third kappa shape index (κ3) is 7.40. The molecule has 0 radical (unpaired) electrons. The van der Waals surface area contributed by atoms with E-state index in [0.717, 1.165) is 38.5 Å². The lowest BCUT2D eigenvalue weighted by molar-refractivity contribution is -0.388. The second-order valence-electron chi connectivity index (χ2n) is 23.1. The molecular weight excluding hydrogens is 837 g/mol. The van der Waals surface area contributed by atoms with Gasteiger partial charge in [-0.25, -0.2) is 0 Å². The first-order chi connectivity index (χ1) is 29.8. The van der Waals surface area contributed by atoms with E-state index < -0.39 is 134 Å². The molecule has 8 aliphatic rings. The fraction of sp³-hybridized carbons (Fsp3) is 0.936. The summed E-state index contributed by atoms with van der Waals surface area (Å²) >= 11 is 0. The number of aliphatic carboxylic acids is 1. The highest BCUT2D eigenvalue weighted by Gasteiger charge is 2.71. The molecule has 3 heterocycles. The Hall–Kier alpha value is -1.39. The molecule has 366 valence electrons. The van der Waals surface area contributed by atoms with E-state index in [4.69, 9.17) is 28.4 Å². The molecule has 3 aliphatic heterocycles. The summed E-state index contributed by atoms with van der Waals surface area (Å²) in [6.07, 6.45) is -14.1. The zero-order valence-corrected chi connectivity index (χ0v) is 38.7. The molecule has 3 saturated heterocycles. The van der Waals surface area contributed by atoms with Crippen LogP contribution in [0.15, 0.2) is 11.6 Å². The van der Waals surface area contributed by atoms with E-state index in [-0.39, 0.29) is 34.0 Å². The topological polar surface area (TPSA) is 275 Å². The predicted molar refractivity (Wildman–Crippen MR) is 225 cm³/mol. The molecule has 0 aromatic rings. The van der Waals surface area contributed by atoms with Gasteiger partial charge in [0.25, 0.3) is 0 Å². The molecule has 0 spiro atoms. The summed E-state index contributed by atoms with van der Waals surface area (Å²) in [7, 11) is 0. The van der Waals surface area contributed by atoms with E-state index in [1.54, 1.807) is 0 Å². The van der Waals surface area contributed by atoms with Crippen molar-refractivity contribution in [1.29, 1.82) is 0 Å². The fourth-order valence-corrected chi connectivity index (χ4v) is 14.9. The number of aliphatic hydroxyl groups excluding tert-OH is 9. The van der Waals surface area contributed by atoms with Crippen LogP contribution in [0.5, 0.6) is 0 Å². The minimum Gasteiger partial charge on any atom is -0.481 e. The standard InChI is InChI=1S/C47H76O17/c1-21-30(51)32(53)34(55)39(60-21)64-37-35(56)40(61-25(19-48)36(37)63-38-33(54)31(52)24(49)20-59-38)62-29-12-13-44(6)26(43(29,4)5)11-14-45(7)27(44)10-9-22-23-17-42(2,3)15-16-47(23,41(57)58)28(50)18-46(22,45)8/h9,21,23-40,48-56H,10-20H2,1-8H3,(H,57,58)/t21-,23?,24+,25+,26?,27?,28+,29?,30-,31-,32+,33+,34+,35+,36+,37+,38-,39-,40-,44?,45?,46+,47?/m0/s1. The van der Waals surface area contributed by atoms with Gasteiger partial charge in [-0.05, 0) is 110 Å². The normalized spacial score (nSPS) is 54.6. The smallest absolute Gasteiger partial charge is 0.312 e. The predicted octanol–water partition coefficient (Wildman–Crippen LogP) is 1.34. The van der Waals surface area contributed by atoms with Crippen LogP contribution in [-0.2, 0) is 33.2 Å². The first kappa shape index (κ1) is 49.0. The number of aliphatic hydroxyl groups is 9. The maximum Gasteiger partial charge on any atom is 0.312 e. The zero-order chi connectivity index (χ0) is 46.9. The third-order valence-corrected chi connectivity index (χ3v) is 19.0. The number of hydrogen-bond donors (Lipinski definition) is 10. The highest BCUT2D eigenvalue weighted by atomic mass is 16.8. The molecular formula is C47H76O17. The average molecular weight is 913 g/mol. The van der Waals surface area contributed by atoms with Crippen molar-refractivity contribution in [3.8, 4) is 0 Å². The van der Waals surface area contributed by atoms with Crippen molar-refractivity contribution in [2.24, 2.45) is 50.2 Å². The lowest BCUT2D eigenvalue weighted by atomic mass is 9.33. The zero-order valence-electron chi connectivity index (χ0n) is 38.7. The van der Waals surface area contributed by atoms with Crippen LogP contribution >= 0.6 is 0 Å². The Morgan fingerprint density at radius 3 is 2.05 bits per heavy atom. The van der Waals surface area contributed by atoms with Crippen LogP contribution in [0.4, 0.5) is 0 Å². The maximum absolute atomic E-state index is 13.2. The number of carboxylic acids is 1. The van der Waals surface area contributed by atoms with Crippen LogP contribution in [0.3, 0.4) is 0 Å². The lowest BCUT2D eigenvalue weighted by Crippen LogP contribution is -2.68. The van der Waals surface area contributed by atoms with Gasteiger partial charge in [0.15, 0.2) is 18.9 Å². The van der Waals surface area contributed by atoms with Crippen LogP contribution in [0, 0.1) is 50.2 Å². The lowest BCUT2D eigenvalue weighted by Gasteiger charge is -2.71. The van der Waals surface area contributed by atoms with Crippen molar-refractivity contribution in [3.05, 3.63) is 11.6 Å². The van der Waals surface area contributed by atoms with Gasteiger partial charge in [-0.1, -0.05) is 60.1 Å². The molecule has 4 saturated carbocycles. The van der Waals surface area contributed by atoms with Gasteiger partial charge in [0, 0.05) is 0 Å². The monoisotopic (exact) mass is 913 g/mol. The molecule has 0 amide bonds. The number of allylic oxidation sites excluding steroid dienone is 2. The van der Waals surface area contributed by atoms with E-state index >= 15 is 0 Å². The molecule has 10 N–H and O–H groups in total. The minimum absolute atomic E-state index is 0.0466. The first-order valence-corrected chi connectivity index (χ1v) is 23.7. The average Bonchev–Trinajstić information content (AvgIpc) is 3.22. The molecule has 23 atom stereocenters. The molecule has 17 nitrogen and oxygen atoms in total. The molecule has 8 rings (SSSR count). The van der Waals surface area contributed by atoms with Crippen LogP contribution < -0.4 is 0 Å². The molecule has 0 aromatic heterocycles. The van der Waals surface area contributed by atoms with Crippen molar-refractivity contribution in [2.45, 2.75) is 211 Å². The third-order valence-electron chi connectivity index (χ3n) is 19.0. The van der Waals surface area contributed by atoms with Gasteiger partial charge in [0.1, 0.15) is 66.5 Å². The van der Waals surface area contributed by atoms with E-state index in [0.29, 0.717) is 19.3 Å².